The van der Waals surface area contributed by atoms with Crippen LogP contribution in [-0.4, -0.2) is 5.55 Å². The van der Waals surface area contributed by atoms with E-state index in [1.165, 1.54) is 17.3 Å². The molecular weight excluding hydrogens is 156 g/mol. The molecule has 0 aliphatic carbocycles. The molecule has 11 heavy (non-hydrogen) atoms. The zero-order chi connectivity index (χ0) is 8.69. The van der Waals surface area contributed by atoms with E-state index in [-0.39, 0.29) is 0 Å². The normalized spacial score (nSPS) is 13.3. The van der Waals surface area contributed by atoms with Gasteiger partial charge in [0.15, 0.2) is 0 Å². The third kappa shape index (κ3) is 4.90. The first kappa shape index (κ1) is 10.6. The van der Waals surface area contributed by atoms with Gasteiger partial charge in [0.1, 0.15) is 0 Å². The van der Waals surface area contributed by atoms with E-state index in [0.29, 0.717) is 5.92 Å². The Morgan fingerprint density at radius 1 is 1.64 bits per heavy atom. The number of allylic oxidation sites excluding steroid dienone is 1. The van der Waals surface area contributed by atoms with Crippen LogP contribution in [0.15, 0.2) is 16.1 Å². The van der Waals surface area contributed by atoms with Gasteiger partial charge in [-0.15, -0.1) is 0 Å². The molecule has 0 bridgehead atoms. The quantitative estimate of drug-likeness (QED) is 0.306. The van der Waals surface area contributed by atoms with Gasteiger partial charge in [0.2, 0.25) is 0 Å². The number of hydrogen-bond acceptors (Lipinski definition) is 3. The molecule has 2 nitrogen and oxygen atoms in total. The van der Waals surface area contributed by atoms with E-state index in [0.717, 1.165) is 6.42 Å². The summed E-state index contributed by atoms with van der Waals surface area (Å²) in [6, 6.07) is 0. The SMILES string of the molecule is CC/C(=C/S/C=N\N)C(C)C. The Balaban J connectivity index is 3.90. The first-order chi connectivity index (χ1) is 5.22. The predicted octanol–water partition coefficient (Wildman–Crippen LogP) is 2.57. The summed E-state index contributed by atoms with van der Waals surface area (Å²) in [7, 11) is 0. The zero-order valence-corrected chi connectivity index (χ0v) is 8.19. The summed E-state index contributed by atoms with van der Waals surface area (Å²) in [6.45, 7) is 6.54. The minimum absolute atomic E-state index is 0.624. The second kappa shape index (κ2) is 6.28. The fraction of sp³-hybridized carbons (Fsp3) is 0.625. The highest BCUT2D eigenvalue weighted by atomic mass is 32.2. The van der Waals surface area contributed by atoms with Crippen molar-refractivity contribution in [2.24, 2.45) is 16.9 Å². The molecule has 0 aromatic carbocycles. The lowest BCUT2D eigenvalue weighted by molar-refractivity contribution is 0.735. The van der Waals surface area contributed by atoms with Gasteiger partial charge >= 0.3 is 0 Å². The molecule has 2 N–H and O–H groups in total. The van der Waals surface area contributed by atoms with Crippen molar-refractivity contribution in [2.45, 2.75) is 27.2 Å². The lowest BCUT2D eigenvalue weighted by atomic mass is 10.0. The fourth-order valence-electron chi connectivity index (χ4n) is 0.781. The van der Waals surface area contributed by atoms with E-state index in [2.05, 4.69) is 31.3 Å². The molecule has 0 saturated carbocycles. The average molecular weight is 172 g/mol. The molecule has 0 aliphatic heterocycles. The number of hydrazone groups is 1. The van der Waals surface area contributed by atoms with E-state index < -0.39 is 0 Å². The molecule has 0 spiro atoms. The Hall–Kier alpha value is -0.440. The maximum atomic E-state index is 4.95. The standard InChI is InChI=1S/C8H16N2S/c1-4-8(7(2)3)5-11-6-10-9/h5-7H,4,9H2,1-3H3/b8-5-,10-6-. The summed E-state index contributed by atoms with van der Waals surface area (Å²) in [5.74, 6) is 5.58. The summed E-state index contributed by atoms with van der Waals surface area (Å²) < 4.78 is 0. The van der Waals surface area contributed by atoms with Crippen molar-refractivity contribution in [1.82, 2.24) is 0 Å². The summed E-state index contributed by atoms with van der Waals surface area (Å²) in [6.07, 6.45) is 1.10. The van der Waals surface area contributed by atoms with Crippen molar-refractivity contribution in [3.05, 3.63) is 11.0 Å². The topological polar surface area (TPSA) is 38.4 Å². The van der Waals surface area contributed by atoms with Crippen molar-refractivity contribution >= 4 is 17.3 Å². The molecule has 0 heterocycles. The van der Waals surface area contributed by atoms with Gasteiger partial charge in [-0.25, -0.2) is 0 Å². The second-order valence-electron chi connectivity index (χ2n) is 2.59. The summed E-state index contributed by atoms with van der Waals surface area (Å²) in [4.78, 5) is 0. The van der Waals surface area contributed by atoms with Gasteiger partial charge in [-0.2, -0.15) is 5.10 Å². The van der Waals surface area contributed by atoms with Crippen LogP contribution in [0.25, 0.3) is 0 Å². The highest BCUT2D eigenvalue weighted by Crippen LogP contribution is 2.16. The average Bonchev–Trinajstić information content (AvgIpc) is 1.97. The van der Waals surface area contributed by atoms with E-state index in [9.17, 15) is 0 Å². The smallest absolute Gasteiger partial charge is 0.0836 e. The highest BCUT2D eigenvalue weighted by Gasteiger charge is 1.98. The molecule has 0 amide bonds. The van der Waals surface area contributed by atoms with Crippen LogP contribution in [0.3, 0.4) is 0 Å². The first-order valence-corrected chi connectivity index (χ1v) is 4.72. The van der Waals surface area contributed by atoms with Crippen LogP contribution in [-0.2, 0) is 0 Å². The third-order valence-corrected chi connectivity index (χ3v) is 2.17. The Bertz CT molecular complexity index is 150. The van der Waals surface area contributed by atoms with Gasteiger partial charge < -0.3 is 5.84 Å². The van der Waals surface area contributed by atoms with Gasteiger partial charge in [0.25, 0.3) is 0 Å². The van der Waals surface area contributed by atoms with E-state index in [1.54, 1.807) is 5.55 Å². The van der Waals surface area contributed by atoms with Crippen LogP contribution in [0.5, 0.6) is 0 Å². The molecule has 0 radical (unpaired) electrons. The molecule has 0 atom stereocenters. The van der Waals surface area contributed by atoms with Crippen LogP contribution in [0.2, 0.25) is 0 Å². The Kier molecular flexibility index (Phi) is 6.03. The molecule has 0 aromatic heterocycles. The van der Waals surface area contributed by atoms with Crippen LogP contribution in [0.4, 0.5) is 0 Å². The van der Waals surface area contributed by atoms with Crippen molar-refractivity contribution in [3.8, 4) is 0 Å². The van der Waals surface area contributed by atoms with Crippen molar-refractivity contribution < 1.29 is 0 Å². The zero-order valence-electron chi connectivity index (χ0n) is 7.37. The minimum atomic E-state index is 0.624. The maximum Gasteiger partial charge on any atom is 0.0836 e. The third-order valence-electron chi connectivity index (χ3n) is 1.49. The summed E-state index contributed by atoms with van der Waals surface area (Å²) in [5.41, 5.74) is 3.08. The number of hydrogen-bond donors (Lipinski definition) is 1. The number of rotatable bonds is 4. The van der Waals surface area contributed by atoms with E-state index in [4.69, 9.17) is 5.84 Å². The molecule has 0 unspecified atom stereocenters. The van der Waals surface area contributed by atoms with Crippen molar-refractivity contribution in [1.29, 1.82) is 0 Å². The molecule has 0 aliphatic rings. The summed E-state index contributed by atoms with van der Waals surface area (Å²) >= 11 is 1.54. The largest absolute Gasteiger partial charge is 0.323 e. The van der Waals surface area contributed by atoms with Crippen LogP contribution < -0.4 is 5.84 Å². The molecule has 0 fully saturated rings. The van der Waals surface area contributed by atoms with E-state index >= 15 is 0 Å². The Labute approximate surface area is 72.9 Å². The Morgan fingerprint density at radius 2 is 2.27 bits per heavy atom. The van der Waals surface area contributed by atoms with Crippen LogP contribution in [0, 0.1) is 5.92 Å². The second-order valence-corrected chi connectivity index (χ2v) is 3.31. The van der Waals surface area contributed by atoms with Crippen molar-refractivity contribution in [2.75, 3.05) is 0 Å². The number of nitrogens with two attached hydrogens (primary N) is 1. The predicted molar refractivity (Wildman–Crippen MR) is 53.5 cm³/mol. The molecule has 64 valence electrons. The van der Waals surface area contributed by atoms with Crippen LogP contribution >= 0.6 is 11.8 Å². The molecule has 0 aromatic rings. The maximum absolute atomic E-state index is 4.95. The van der Waals surface area contributed by atoms with Gasteiger partial charge in [-0.1, -0.05) is 38.1 Å². The minimum Gasteiger partial charge on any atom is -0.323 e. The summed E-state index contributed by atoms with van der Waals surface area (Å²) in [5, 5.41) is 5.51. The van der Waals surface area contributed by atoms with Crippen LogP contribution in [0.1, 0.15) is 27.2 Å². The van der Waals surface area contributed by atoms with Gasteiger partial charge in [0.05, 0.1) is 5.55 Å². The molecular formula is C8H16N2S. The number of thioether (sulfide) groups is 1. The first-order valence-electron chi connectivity index (χ1n) is 3.78. The van der Waals surface area contributed by atoms with E-state index in [1.807, 2.05) is 0 Å². The Morgan fingerprint density at radius 3 is 2.64 bits per heavy atom. The highest BCUT2D eigenvalue weighted by molar-refractivity contribution is 8.14. The monoisotopic (exact) mass is 172 g/mol. The lowest BCUT2D eigenvalue weighted by Crippen LogP contribution is -1.90. The lowest BCUT2D eigenvalue weighted by Gasteiger charge is -2.06. The van der Waals surface area contributed by atoms with Crippen molar-refractivity contribution in [3.63, 3.8) is 0 Å². The molecule has 0 saturated heterocycles. The molecule has 0 rings (SSSR count). The fourth-order valence-corrected chi connectivity index (χ4v) is 1.53. The van der Waals surface area contributed by atoms with Gasteiger partial charge in [-0.3, -0.25) is 0 Å². The molecule has 3 heteroatoms. The van der Waals surface area contributed by atoms with Gasteiger partial charge in [0, 0.05) is 0 Å². The van der Waals surface area contributed by atoms with Gasteiger partial charge in [-0.05, 0) is 17.7 Å². The number of nitrogens with zero attached hydrogens (tertiary/aromatic N) is 1.